The van der Waals surface area contributed by atoms with Gasteiger partial charge in [-0.3, -0.25) is 4.79 Å². The van der Waals surface area contributed by atoms with Crippen LogP contribution in [-0.2, 0) is 11.2 Å². The van der Waals surface area contributed by atoms with Gasteiger partial charge in [0.15, 0.2) is 0 Å². The first-order chi connectivity index (χ1) is 8.79. The van der Waals surface area contributed by atoms with Gasteiger partial charge < -0.3 is 0 Å². The van der Waals surface area contributed by atoms with Crippen LogP contribution in [0.5, 0.6) is 0 Å². The van der Waals surface area contributed by atoms with Gasteiger partial charge in [-0.1, -0.05) is 60.1 Å². The van der Waals surface area contributed by atoms with E-state index in [1.165, 1.54) is 0 Å². The normalized spacial score (nSPS) is 11.3. The second-order valence-electron chi connectivity index (χ2n) is 3.98. The molecule has 0 aromatic heterocycles. The Hall–Kier alpha value is -1.86. The minimum absolute atomic E-state index is 0.698. The molecule has 0 N–H and O–H groups in total. The molecule has 2 aromatic rings. The largest absolute Gasteiger partial charge is 0.298 e. The van der Waals surface area contributed by atoms with E-state index < -0.39 is 0 Å². The van der Waals surface area contributed by atoms with Crippen molar-refractivity contribution in [1.82, 2.24) is 0 Å². The zero-order valence-corrected chi connectivity index (χ0v) is 10.6. The van der Waals surface area contributed by atoms with Gasteiger partial charge in [0.1, 0.15) is 6.29 Å². The number of rotatable bonds is 4. The van der Waals surface area contributed by atoms with Gasteiger partial charge in [0.05, 0.1) is 0 Å². The van der Waals surface area contributed by atoms with Crippen LogP contribution in [0.15, 0.2) is 60.7 Å². The lowest BCUT2D eigenvalue weighted by Gasteiger charge is -2.01. The second-order valence-corrected chi connectivity index (χ2v) is 4.41. The monoisotopic (exact) mass is 256 g/mol. The van der Waals surface area contributed by atoms with Crippen molar-refractivity contribution in [2.75, 3.05) is 0 Å². The molecule has 0 aliphatic carbocycles. The zero-order chi connectivity index (χ0) is 12.8. The van der Waals surface area contributed by atoms with E-state index >= 15 is 0 Å². The summed E-state index contributed by atoms with van der Waals surface area (Å²) in [5, 5.41) is 0.716. The number of hydrogen-bond acceptors (Lipinski definition) is 1. The van der Waals surface area contributed by atoms with Gasteiger partial charge in [0.25, 0.3) is 0 Å². The maximum atomic E-state index is 11.1. The minimum Gasteiger partial charge on any atom is -0.298 e. The van der Waals surface area contributed by atoms with Crippen LogP contribution in [0.1, 0.15) is 11.1 Å². The molecule has 0 amide bonds. The molecular weight excluding hydrogens is 244 g/mol. The average Bonchev–Trinajstić information content (AvgIpc) is 2.41. The Morgan fingerprint density at radius 3 is 2.50 bits per heavy atom. The van der Waals surface area contributed by atoms with Crippen LogP contribution in [-0.4, -0.2) is 6.29 Å². The molecule has 0 aliphatic heterocycles. The number of carbonyl (C=O) groups excluding carboxylic acids is 1. The summed E-state index contributed by atoms with van der Waals surface area (Å²) >= 11 is 5.92. The van der Waals surface area contributed by atoms with E-state index in [1.807, 2.05) is 60.7 Å². The Morgan fingerprint density at radius 1 is 1.06 bits per heavy atom. The number of carbonyl (C=O) groups is 1. The third-order valence-electron chi connectivity index (χ3n) is 2.68. The highest BCUT2D eigenvalue weighted by Crippen LogP contribution is 2.15. The molecule has 0 spiro atoms. The predicted molar refractivity (Wildman–Crippen MR) is 75.6 cm³/mol. The van der Waals surface area contributed by atoms with Crippen LogP contribution < -0.4 is 0 Å². The van der Waals surface area contributed by atoms with Crippen molar-refractivity contribution < 1.29 is 4.79 Å². The summed E-state index contributed by atoms with van der Waals surface area (Å²) in [5.74, 6) is 0. The first kappa shape index (κ1) is 12.6. The van der Waals surface area contributed by atoms with E-state index in [9.17, 15) is 4.79 Å². The third kappa shape index (κ3) is 3.31. The molecule has 2 rings (SSSR count). The first-order valence-corrected chi connectivity index (χ1v) is 6.12. The van der Waals surface area contributed by atoms with Crippen molar-refractivity contribution in [2.45, 2.75) is 6.42 Å². The Labute approximate surface area is 112 Å². The third-order valence-corrected chi connectivity index (χ3v) is 2.92. The van der Waals surface area contributed by atoms with E-state index in [4.69, 9.17) is 11.6 Å². The molecule has 1 nitrogen and oxygen atoms in total. The van der Waals surface area contributed by atoms with Crippen LogP contribution in [0.4, 0.5) is 0 Å². The quantitative estimate of drug-likeness (QED) is 0.593. The van der Waals surface area contributed by atoms with E-state index in [1.54, 1.807) is 0 Å². The molecule has 2 heteroatoms. The van der Waals surface area contributed by atoms with Gasteiger partial charge in [-0.05, 0) is 29.7 Å². The van der Waals surface area contributed by atoms with E-state index in [-0.39, 0.29) is 0 Å². The Bertz CT molecular complexity index is 558. The van der Waals surface area contributed by atoms with Gasteiger partial charge in [0, 0.05) is 10.6 Å². The molecule has 0 saturated carbocycles. The molecular formula is C16H13ClO. The molecule has 0 radical (unpaired) electrons. The fourth-order valence-corrected chi connectivity index (χ4v) is 1.97. The summed E-state index contributed by atoms with van der Waals surface area (Å²) in [7, 11) is 0. The topological polar surface area (TPSA) is 17.1 Å². The van der Waals surface area contributed by atoms with Crippen LogP contribution in [0, 0.1) is 0 Å². The maximum absolute atomic E-state index is 11.1. The summed E-state index contributed by atoms with van der Waals surface area (Å²) in [5.41, 5.74) is 2.74. The van der Waals surface area contributed by atoms with Crippen LogP contribution in [0.25, 0.3) is 5.57 Å². The number of hydrogen-bond donors (Lipinski definition) is 0. The van der Waals surface area contributed by atoms with Crippen molar-refractivity contribution in [3.63, 3.8) is 0 Å². The molecule has 2 aromatic carbocycles. The summed E-state index contributed by atoms with van der Waals surface area (Å²) in [4.78, 5) is 11.1. The number of allylic oxidation sites excluding steroid dienone is 2. The molecule has 18 heavy (non-hydrogen) atoms. The van der Waals surface area contributed by atoms with Gasteiger partial charge in [-0.2, -0.15) is 0 Å². The second kappa shape index (κ2) is 6.18. The van der Waals surface area contributed by atoms with Crippen molar-refractivity contribution in [3.8, 4) is 0 Å². The molecule has 0 heterocycles. The van der Waals surface area contributed by atoms with Gasteiger partial charge in [-0.15, -0.1) is 0 Å². The van der Waals surface area contributed by atoms with Gasteiger partial charge >= 0.3 is 0 Å². The predicted octanol–water partition coefficient (Wildman–Crippen LogP) is 4.17. The highest BCUT2D eigenvalue weighted by atomic mass is 35.5. The van der Waals surface area contributed by atoms with E-state index in [2.05, 4.69) is 0 Å². The van der Waals surface area contributed by atoms with Gasteiger partial charge in [-0.25, -0.2) is 0 Å². The first-order valence-electron chi connectivity index (χ1n) is 5.75. The lowest BCUT2D eigenvalue weighted by molar-refractivity contribution is -0.103. The Balaban J connectivity index is 2.19. The zero-order valence-electron chi connectivity index (χ0n) is 9.84. The molecule has 90 valence electrons. The van der Waals surface area contributed by atoms with Crippen molar-refractivity contribution in [1.29, 1.82) is 0 Å². The molecule has 0 fully saturated rings. The van der Waals surface area contributed by atoms with Crippen molar-refractivity contribution in [2.24, 2.45) is 0 Å². The summed E-state index contributed by atoms with van der Waals surface area (Å²) in [6.45, 7) is 0. The number of benzene rings is 2. The highest BCUT2D eigenvalue weighted by Gasteiger charge is 1.99. The minimum atomic E-state index is 0.698. The SMILES string of the molecule is O=CC(=CCc1cccc(Cl)c1)c1ccccc1. The fraction of sp³-hybridized carbons (Fsp3) is 0.0625. The highest BCUT2D eigenvalue weighted by molar-refractivity contribution is 6.30. The van der Waals surface area contributed by atoms with Crippen LogP contribution in [0.2, 0.25) is 5.02 Å². The maximum Gasteiger partial charge on any atom is 0.150 e. The molecule has 0 saturated heterocycles. The number of aldehydes is 1. The lowest BCUT2D eigenvalue weighted by Crippen LogP contribution is -1.88. The Kier molecular flexibility index (Phi) is 4.32. The lowest BCUT2D eigenvalue weighted by atomic mass is 10.0. The standard InChI is InChI=1S/C16H13ClO/c17-16-8-4-5-13(11-16)9-10-15(12-18)14-6-2-1-3-7-14/h1-8,10-12H,9H2. The summed E-state index contributed by atoms with van der Waals surface area (Å²) in [6.07, 6.45) is 3.51. The number of halogens is 1. The molecule has 0 atom stereocenters. The van der Waals surface area contributed by atoms with Crippen molar-refractivity contribution >= 4 is 23.5 Å². The Morgan fingerprint density at radius 2 is 1.83 bits per heavy atom. The van der Waals surface area contributed by atoms with Gasteiger partial charge in [0.2, 0.25) is 0 Å². The average molecular weight is 257 g/mol. The summed E-state index contributed by atoms with van der Waals surface area (Å²) in [6, 6.07) is 17.3. The molecule has 0 bridgehead atoms. The fourth-order valence-electron chi connectivity index (χ4n) is 1.76. The van der Waals surface area contributed by atoms with Crippen LogP contribution >= 0.6 is 11.6 Å². The smallest absolute Gasteiger partial charge is 0.150 e. The molecule has 0 unspecified atom stereocenters. The summed E-state index contributed by atoms with van der Waals surface area (Å²) < 4.78 is 0. The van der Waals surface area contributed by atoms with E-state index in [0.717, 1.165) is 17.4 Å². The van der Waals surface area contributed by atoms with Crippen LogP contribution in [0.3, 0.4) is 0 Å². The van der Waals surface area contributed by atoms with Crippen molar-refractivity contribution in [3.05, 3.63) is 76.8 Å². The molecule has 0 aliphatic rings. The van der Waals surface area contributed by atoms with E-state index in [0.29, 0.717) is 17.0 Å².